The molecule has 58 heavy (non-hydrogen) atoms. The average molecular weight is 827 g/mol. The quantitative estimate of drug-likeness (QED) is 0.0269. The van der Waals surface area contributed by atoms with E-state index < -0.39 is 43.4 Å². The van der Waals surface area contributed by atoms with Crippen molar-refractivity contribution in [1.29, 1.82) is 0 Å². The third-order valence-electron chi connectivity index (χ3n) is 11.7. The third-order valence-corrected chi connectivity index (χ3v) is 11.7. The number of aliphatic hydroxyl groups excluding tert-OH is 4. The summed E-state index contributed by atoms with van der Waals surface area (Å²) in [5, 5.41) is 40.2. The van der Waals surface area contributed by atoms with E-state index in [4.69, 9.17) is 18.9 Å². The van der Waals surface area contributed by atoms with Crippen molar-refractivity contribution in [3.05, 3.63) is 12.2 Å². The molecule has 0 aromatic carbocycles. The second kappa shape index (κ2) is 41.3. The predicted molar refractivity (Wildman–Crippen MR) is 238 cm³/mol. The Morgan fingerprint density at radius 3 is 1.41 bits per heavy atom. The minimum Gasteiger partial charge on any atom is -0.457 e. The standard InChI is InChI=1S/C49H94O9/c1-3-5-7-9-11-13-15-17-19-20-21-22-23-24-25-26-28-30-32-34-36-38-45(51)57-43(42-56-49-48(54)47(53)46(52)44(40-50)58-49)41-55-39-37-35-33-31-29-27-18-16-14-12-10-8-6-4-2/h14,16,43-44,46-50,52-54H,3-13,15,17-42H2,1-2H3/b16-14-. The van der Waals surface area contributed by atoms with Crippen LogP contribution >= 0.6 is 0 Å². The fraction of sp³-hybridized carbons (Fsp3) is 0.939. The van der Waals surface area contributed by atoms with Crippen LogP contribution in [0.2, 0.25) is 0 Å². The Balaban J connectivity index is 2.19. The molecule has 1 aliphatic rings. The summed E-state index contributed by atoms with van der Waals surface area (Å²) >= 11 is 0. The number of hydrogen-bond acceptors (Lipinski definition) is 9. The van der Waals surface area contributed by atoms with Crippen molar-refractivity contribution in [3.8, 4) is 0 Å². The molecule has 1 saturated heterocycles. The van der Waals surface area contributed by atoms with Crippen LogP contribution in [0.4, 0.5) is 0 Å². The smallest absolute Gasteiger partial charge is 0.306 e. The summed E-state index contributed by atoms with van der Waals surface area (Å²) < 4.78 is 22.9. The summed E-state index contributed by atoms with van der Waals surface area (Å²) in [5.74, 6) is -0.310. The molecule has 4 N–H and O–H groups in total. The number of esters is 1. The lowest BCUT2D eigenvalue weighted by atomic mass is 9.99. The van der Waals surface area contributed by atoms with Gasteiger partial charge in [0.25, 0.3) is 0 Å². The van der Waals surface area contributed by atoms with Crippen LogP contribution in [-0.4, -0.2) is 89.6 Å². The van der Waals surface area contributed by atoms with Gasteiger partial charge in [0.15, 0.2) is 6.29 Å². The van der Waals surface area contributed by atoms with Crippen LogP contribution < -0.4 is 0 Å². The van der Waals surface area contributed by atoms with Gasteiger partial charge >= 0.3 is 5.97 Å². The Morgan fingerprint density at radius 2 is 0.948 bits per heavy atom. The maximum Gasteiger partial charge on any atom is 0.306 e. The fourth-order valence-electron chi connectivity index (χ4n) is 7.78. The molecule has 344 valence electrons. The first-order valence-corrected chi connectivity index (χ1v) is 24.8. The highest BCUT2D eigenvalue weighted by atomic mass is 16.7. The monoisotopic (exact) mass is 827 g/mol. The summed E-state index contributed by atoms with van der Waals surface area (Å²) in [6.07, 6.45) is 39.6. The Hall–Kier alpha value is -1.07. The van der Waals surface area contributed by atoms with Gasteiger partial charge in [-0.2, -0.15) is 0 Å². The number of carbonyl (C=O) groups is 1. The molecule has 0 amide bonds. The van der Waals surface area contributed by atoms with E-state index in [0.29, 0.717) is 13.0 Å². The summed E-state index contributed by atoms with van der Waals surface area (Å²) in [4.78, 5) is 12.8. The van der Waals surface area contributed by atoms with E-state index in [1.54, 1.807) is 0 Å². The molecule has 0 bridgehead atoms. The van der Waals surface area contributed by atoms with Gasteiger partial charge in [0.1, 0.15) is 30.5 Å². The molecule has 9 nitrogen and oxygen atoms in total. The van der Waals surface area contributed by atoms with E-state index in [9.17, 15) is 25.2 Å². The maximum atomic E-state index is 12.8. The summed E-state index contributed by atoms with van der Waals surface area (Å²) in [6.45, 7) is 4.58. The number of allylic oxidation sites excluding steroid dienone is 2. The average Bonchev–Trinajstić information content (AvgIpc) is 3.22. The summed E-state index contributed by atoms with van der Waals surface area (Å²) in [7, 11) is 0. The van der Waals surface area contributed by atoms with Crippen LogP contribution in [0.5, 0.6) is 0 Å². The van der Waals surface area contributed by atoms with E-state index in [1.165, 1.54) is 180 Å². The number of hydrogen-bond donors (Lipinski definition) is 4. The molecular weight excluding hydrogens is 733 g/mol. The Labute approximate surface area is 356 Å². The summed E-state index contributed by atoms with van der Waals surface area (Å²) in [5.41, 5.74) is 0. The van der Waals surface area contributed by atoms with E-state index in [2.05, 4.69) is 26.0 Å². The molecule has 0 aromatic rings. The Kier molecular flexibility index (Phi) is 39.1. The fourth-order valence-corrected chi connectivity index (χ4v) is 7.78. The largest absolute Gasteiger partial charge is 0.457 e. The molecule has 1 fully saturated rings. The molecule has 9 heteroatoms. The van der Waals surface area contributed by atoms with Crippen LogP contribution in [-0.2, 0) is 23.7 Å². The lowest BCUT2D eigenvalue weighted by molar-refractivity contribution is -0.305. The van der Waals surface area contributed by atoms with Gasteiger partial charge < -0.3 is 39.4 Å². The van der Waals surface area contributed by atoms with Crippen LogP contribution in [0.25, 0.3) is 0 Å². The number of unbranched alkanes of at least 4 members (excludes halogenated alkanes) is 30. The molecule has 0 spiro atoms. The highest BCUT2D eigenvalue weighted by Gasteiger charge is 2.44. The highest BCUT2D eigenvalue weighted by molar-refractivity contribution is 5.69. The van der Waals surface area contributed by atoms with E-state index in [0.717, 1.165) is 32.1 Å². The van der Waals surface area contributed by atoms with Gasteiger partial charge in [-0.1, -0.05) is 199 Å². The number of ether oxygens (including phenoxy) is 4. The zero-order valence-corrected chi connectivity index (χ0v) is 37.8. The lowest BCUT2D eigenvalue weighted by Gasteiger charge is -2.39. The van der Waals surface area contributed by atoms with E-state index >= 15 is 0 Å². The molecule has 0 aliphatic carbocycles. The van der Waals surface area contributed by atoms with Crippen molar-refractivity contribution in [3.63, 3.8) is 0 Å². The summed E-state index contributed by atoms with van der Waals surface area (Å²) in [6, 6.07) is 0. The van der Waals surface area contributed by atoms with E-state index in [1.807, 2.05) is 0 Å². The van der Waals surface area contributed by atoms with Crippen molar-refractivity contribution in [2.75, 3.05) is 26.4 Å². The minimum absolute atomic E-state index is 0.110. The SMILES string of the molecule is CCCCCC/C=C\CCCCCCCCOCC(COC1OC(CO)C(O)C(O)C1O)OC(=O)CCCCCCCCCCCCCCCCCCCCCCC. The van der Waals surface area contributed by atoms with Crippen molar-refractivity contribution in [2.45, 2.75) is 269 Å². The van der Waals surface area contributed by atoms with Gasteiger partial charge in [-0.25, -0.2) is 0 Å². The van der Waals surface area contributed by atoms with Crippen molar-refractivity contribution in [1.82, 2.24) is 0 Å². The topological polar surface area (TPSA) is 135 Å². The van der Waals surface area contributed by atoms with Gasteiger partial charge in [0.05, 0.1) is 19.8 Å². The molecule has 1 aliphatic heterocycles. The molecule has 0 radical (unpaired) electrons. The van der Waals surface area contributed by atoms with Gasteiger partial charge in [0, 0.05) is 13.0 Å². The van der Waals surface area contributed by atoms with Crippen LogP contribution in [0.15, 0.2) is 12.2 Å². The Morgan fingerprint density at radius 1 is 0.534 bits per heavy atom. The third kappa shape index (κ3) is 31.8. The molecule has 0 saturated carbocycles. The zero-order chi connectivity index (χ0) is 42.2. The first-order chi connectivity index (χ1) is 28.4. The van der Waals surface area contributed by atoms with Crippen LogP contribution in [0.1, 0.15) is 232 Å². The van der Waals surface area contributed by atoms with Crippen molar-refractivity contribution in [2.24, 2.45) is 0 Å². The van der Waals surface area contributed by atoms with Crippen molar-refractivity contribution < 1.29 is 44.2 Å². The predicted octanol–water partition coefficient (Wildman–Crippen LogP) is 11.6. The highest BCUT2D eigenvalue weighted by Crippen LogP contribution is 2.23. The van der Waals surface area contributed by atoms with Gasteiger partial charge in [-0.3, -0.25) is 4.79 Å². The molecule has 0 aromatic heterocycles. The molecule has 6 unspecified atom stereocenters. The van der Waals surface area contributed by atoms with E-state index in [-0.39, 0.29) is 19.2 Å². The number of rotatable bonds is 43. The molecule has 1 heterocycles. The van der Waals surface area contributed by atoms with Crippen LogP contribution in [0.3, 0.4) is 0 Å². The molecule has 6 atom stereocenters. The number of carbonyl (C=O) groups excluding carboxylic acids is 1. The van der Waals surface area contributed by atoms with Gasteiger partial charge in [0.2, 0.25) is 0 Å². The zero-order valence-electron chi connectivity index (χ0n) is 37.8. The van der Waals surface area contributed by atoms with Gasteiger partial charge in [-0.05, 0) is 38.5 Å². The van der Waals surface area contributed by atoms with Gasteiger partial charge in [-0.15, -0.1) is 0 Å². The first-order valence-electron chi connectivity index (χ1n) is 24.8. The maximum absolute atomic E-state index is 12.8. The second-order valence-corrected chi connectivity index (χ2v) is 17.3. The van der Waals surface area contributed by atoms with Crippen LogP contribution in [0, 0.1) is 0 Å². The minimum atomic E-state index is -1.53. The number of aliphatic hydroxyl groups is 4. The second-order valence-electron chi connectivity index (χ2n) is 17.3. The molecule has 1 rings (SSSR count). The van der Waals surface area contributed by atoms with Crippen molar-refractivity contribution >= 4 is 5.97 Å². The lowest BCUT2D eigenvalue weighted by Crippen LogP contribution is -2.59. The normalized spacial score (nSPS) is 20.3. The molecular formula is C49H94O9. The Bertz CT molecular complexity index is 899. The first kappa shape index (κ1) is 54.9.